The average molecular weight is 377 g/mol. The lowest BCUT2D eigenvalue weighted by atomic mass is 10.2. The van der Waals surface area contributed by atoms with Crippen LogP contribution < -0.4 is 5.32 Å². The number of amides is 2. The summed E-state index contributed by atoms with van der Waals surface area (Å²) in [6.45, 7) is 0.297. The summed E-state index contributed by atoms with van der Waals surface area (Å²) >= 11 is 4.38. The monoisotopic (exact) mass is 376 g/mol. The van der Waals surface area contributed by atoms with E-state index in [4.69, 9.17) is 0 Å². The zero-order valence-corrected chi connectivity index (χ0v) is 13.9. The van der Waals surface area contributed by atoms with Crippen molar-refractivity contribution >= 4 is 44.5 Å². The van der Waals surface area contributed by atoms with Crippen molar-refractivity contribution in [1.82, 2.24) is 4.90 Å². The first-order valence-electron chi connectivity index (χ1n) is 6.71. The van der Waals surface area contributed by atoms with E-state index in [1.165, 1.54) is 4.90 Å². The van der Waals surface area contributed by atoms with Gasteiger partial charge in [-0.3, -0.25) is 14.5 Å². The number of hydrogen-bond acceptors (Lipinski definition) is 4. The molecule has 112 valence electrons. The van der Waals surface area contributed by atoms with E-state index in [1.807, 2.05) is 54.6 Å². The second-order valence-electron chi connectivity index (χ2n) is 4.83. The normalized spacial score (nSPS) is 17.9. The molecule has 0 aromatic heterocycles. The molecule has 1 aliphatic rings. The SMILES string of the molecule is O=C1SC(Nc2ccccc2)C(=O)N1Cc1ccc(Br)cc1. The molecule has 6 heteroatoms. The van der Waals surface area contributed by atoms with Crippen molar-refractivity contribution in [2.24, 2.45) is 0 Å². The van der Waals surface area contributed by atoms with Crippen LogP contribution in [0.3, 0.4) is 0 Å². The number of carbonyl (C=O) groups excluding carboxylic acids is 2. The molecular formula is C16H13BrN2O2S. The van der Waals surface area contributed by atoms with E-state index in [2.05, 4.69) is 21.2 Å². The molecular weight excluding hydrogens is 364 g/mol. The van der Waals surface area contributed by atoms with Crippen LogP contribution in [0.15, 0.2) is 59.1 Å². The van der Waals surface area contributed by atoms with Crippen LogP contribution in [0.1, 0.15) is 5.56 Å². The molecule has 0 aliphatic carbocycles. The Balaban J connectivity index is 1.70. The fourth-order valence-corrected chi connectivity index (χ4v) is 3.31. The predicted octanol–water partition coefficient (Wildman–Crippen LogP) is 4.08. The number of para-hydroxylation sites is 1. The molecule has 1 heterocycles. The number of carbonyl (C=O) groups is 2. The van der Waals surface area contributed by atoms with E-state index in [1.54, 1.807) is 0 Å². The number of nitrogens with zero attached hydrogens (tertiary/aromatic N) is 1. The highest BCUT2D eigenvalue weighted by molar-refractivity contribution is 9.10. The van der Waals surface area contributed by atoms with E-state index in [0.717, 1.165) is 27.5 Å². The summed E-state index contributed by atoms with van der Waals surface area (Å²) in [5.74, 6) is -0.207. The summed E-state index contributed by atoms with van der Waals surface area (Å²) in [4.78, 5) is 25.8. The van der Waals surface area contributed by atoms with Crippen molar-refractivity contribution in [3.63, 3.8) is 0 Å². The molecule has 1 saturated heterocycles. The summed E-state index contributed by atoms with van der Waals surface area (Å²) in [6.07, 6.45) is 0. The molecule has 2 aromatic carbocycles. The number of anilines is 1. The minimum atomic E-state index is -0.564. The standard InChI is InChI=1S/C16H13BrN2O2S/c17-12-8-6-11(7-9-12)10-19-15(20)14(22-16(19)21)18-13-4-2-1-3-5-13/h1-9,14,18H,10H2. The minimum absolute atomic E-state index is 0.207. The molecule has 4 nitrogen and oxygen atoms in total. The second kappa shape index (κ2) is 6.54. The Hall–Kier alpha value is -1.79. The largest absolute Gasteiger partial charge is 0.365 e. The number of thioether (sulfide) groups is 1. The third-order valence-corrected chi connectivity index (χ3v) is 4.76. The van der Waals surface area contributed by atoms with Crippen molar-refractivity contribution < 1.29 is 9.59 Å². The molecule has 0 spiro atoms. The third-order valence-electron chi connectivity index (χ3n) is 3.25. The lowest BCUT2D eigenvalue weighted by Gasteiger charge is -2.15. The van der Waals surface area contributed by atoms with Crippen LogP contribution in [0, 0.1) is 0 Å². The van der Waals surface area contributed by atoms with Gasteiger partial charge in [-0.15, -0.1) is 0 Å². The molecule has 0 bridgehead atoms. The molecule has 1 atom stereocenters. The highest BCUT2D eigenvalue weighted by Crippen LogP contribution is 2.29. The van der Waals surface area contributed by atoms with Crippen LogP contribution in [0.2, 0.25) is 0 Å². The number of imide groups is 1. The maximum atomic E-state index is 12.4. The lowest BCUT2D eigenvalue weighted by molar-refractivity contribution is -0.126. The predicted molar refractivity (Wildman–Crippen MR) is 91.5 cm³/mol. The summed E-state index contributed by atoms with van der Waals surface area (Å²) in [5.41, 5.74) is 1.75. The van der Waals surface area contributed by atoms with Gasteiger partial charge in [-0.1, -0.05) is 46.3 Å². The summed E-state index contributed by atoms with van der Waals surface area (Å²) in [7, 11) is 0. The van der Waals surface area contributed by atoms with Gasteiger partial charge >= 0.3 is 0 Å². The van der Waals surface area contributed by atoms with Gasteiger partial charge in [0.05, 0.1) is 6.54 Å². The molecule has 1 N–H and O–H groups in total. The highest BCUT2D eigenvalue weighted by atomic mass is 79.9. The van der Waals surface area contributed by atoms with Crippen LogP contribution in [0.5, 0.6) is 0 Å². The Morgan fingerprint density at radius 2 is 1.73 bits per heavy atom. The Morgan fingerprint density at radius 3 is 2.41 bits per heavy atom. The highest BCUT2D eigenvalue weighted by Gasteiger charge is 2.39. The topological polar surface area (TPSA) is 49.4 Å². The van der Waals surface area contributed by atoms with E-state index in [9.17, 15) is 9.59 Å². The Morgan fingerprint density at radius 1 is 1.05 bits per heavy atom. The lowest BCUT2D eigenvalue weighted by Crippen LogP contribution is -2.33. The smallest absolute Gasteiger partial charge is 0.291 e. The van der Waals surface area contributed by atoms with Gasteiger partial charge in [0.25, 0.3) is 11.1 Å². The summed E-state index contributed by atoms with van der Waals surface area (Å²) in [5, 5.41) is 2.30. The van der Waals surface area contributed by atoms with Gasteiger partial charge in [0.15, 0.2) is 5.37 Å². The van der Waals surface area contributed by atoms with Gasteiger partial charge in [-0.2, -0.15) is 0 Å². The molecule has 1 aliphatic heterocycles. The minimum Gasteiger partial charge on any atom is -0.365 e. The Kier molecular flexibility index (Phi) is 4.49. The van der Waals surface area contributed by atoms with Gasteiger partial charge in [-0.05, 0) is 41.6 Å². The van der Waals surface area contributed by atoms with Crippen molar-refractivity contribution in [1.29, 1.82) is 0 Å². The molecule has 0 radical (unpaired) electrons. The first kappa shape index (κ1) is 15.1. The molecule has 1 fully saturated rings. The maximum absolute atomic E-state index is 12.4. The third kappa shape index (κ3) is 3.34. The maximum Gasteiger partial charge on any atom is 0.291 e. The van der Waals surface area contributed by atoms with Crippen molar-refractivity contribution in [2.75, 3.05) is 5.32 Å². The molecule has 2 amide bonds. The summed E-state index contributed by atoms with van der Waals surface area (Å²) < 4.78 is 0.966. The van der Waals surface area contributed by atoms with Crippen molar-refractivity contribution in [3.8, 4) is 0 Å². The first-order chi connectivity index (χ1) is 10.6. The zero-order valence-electron chi connectivity index (χ0n) is 11.5. The molecule has 0 saturated carbocycles. The van der Waals surface area contributed by atoms with Crippen molar-refractivity contribution in [3.05, 3.63) is 64.6 Å². The number of halogens is 1. The Labute approximate surface area is 141 Å². The van der Waals surface area contributed by atoms with Crippen LogP contribution in [0.25, 0.3) is 0 Å². The molecule has 2 aromatic rings. The van der Waals surface area contributed by atoms with Crippen LogP contribution in [0.4, 0.5) is 10.5 Å². The number of hydrogen-bond donors (Lipinski definition) is 1. The number of rotatable bonds is 4. The average Bonchev–Trinajstić information content (AvgIpc) is 2.78. The molecule has 1 unspecified atom stereocenters. The number of benzene rings is 2. The Bertz CT molecular complexity index is 691. The quantitative estimate of drug-likeness (QED) is 0.872. The fourth-order valence-electron chi connectivity index (χ4n) is 2.14. The van der Waals surface area contributed by atoms with Gasteiger partial charge in [-0.25, -0.2) is 0 Å². The van der Waals surface area contributed by atoms with E-state index in [-0.39, 0.29) is 11.1 Å². The van der Waals surface area contributed by atoms with Crippen molar-refractivity contribution in [2.45, 2.75) is 11.9 Å². The van der Waals surface area contributed by atoms with Gasteiger partial charge in [0.2, 0.25) is 0 Å². The van der Waals surface area contributed by atoms with Crippen LogP contribution in [-0.4, -0.2) is 21.4 Å². The number of nitrogens with one attached hydrogen (secondary N) is 1. The first-order valence-corrected chi connectivity index (χ1v) is 8.39. The van der Waals surface area contributed by atoms with Gasteiger partial charge in [0, 0.05) is 10.2 Å². The summed E-state index contributed by atoms with van der Waals surface area (Å²) in [6, 6.07) is 17.0. The van der Waals surface area contributed by atoms with E-state index < -0.39 is 5.37 Å². The molecule has 3 rings (SSSR count). The zero-order chi connectivity index (χ0) is 15.5. The fraction of sp³-hybridized carbons (Fsp3) is 0.125. The van der Waals surface area contributed by atoms with Crippen LogP contribution in [-0.2, 0) is 11.3 Å². The van der Waals surface area contributed by atoms with Crippen LogP contribution >= 0.6 is 27.7 Å². The van der Waals surface area contributed by atoms with Gasteiger partial charge < -0.3 is 5.32 Å². The molecule has 22 heavy (non-hydrogen) atoms. The van der Waals surface area contributed by atoms with E-state index >= 15 is 0 Å². The second-order valence-corrected chi connectivity index (χ2v) is 6.80. The van der Waals surface area contributed by atoms with E-state index in [0.29, 0.717) is 6.54 Å². The van der Waals surface area contributed by atoms with Gasteiger partial charge in [0.1, 0.15) is 0 Å².